The van der Waals surface area contributed by atoms with Crippen molar-refractivity contribution in [2.45, 2.75) is 19.3 Å². The number of ether oxygens (including phenoxy) is 1. The third kappa shape index (κ3) is 8.73. The Balaban J connectivity index is 0.000000162. The maximum absolute atomic E-state index is 5.27. The topological polar surface area (TPSA) is 9.23 Å². The Kier molecular flexibility index (Phi) is 10.4. The number of halogens is 2. The van der Waals surface area contributed by atoms with Gasteiger partial charge in [0, 0.05) is 24.4 Å². The Morgan fingerprint density at radius 1 is 1.30 bits per heavy atom. The first-order valence-electron chi connectivity index (χ1n) is 3.61. The van der Waals surface area contributed by atoms with E-state index in [1.54, 1.807) is 0 Å². The lowest BCUT2D eigenvalue weighted by atomic mass is 10.4. The zero-order valence-electron chi connectivity index (χ0n) is 6.11. The van der Waals surface area contributed by atoms with Crippen LogP contribution in [-0.2, 0) is 4.74 Å². The molecule has 0 unspecified atom stereocenters. The van der Waals surface area contributed by atoms with Gasteiger partial charge in [-0.3, -0.25) is 0 Å². The third-order valence-corrected chi connectivity index (χ3v) is 1.92. The average molecular weight is 230 g/mol. The molecule has 0 amide bonds. The number of hydrogen-bond acceptors (Lipinski definition) is 1. The molecule has 0 aliphatic carbocycles. The fourth-order valence-electron chi connectivity index (χ4n) is 0.561. The van der Waals surface area contributed by atoms with E-state index in [-0.39, 0.29) is 0 Å². The quantitative estimate of drug-likeness (QED) is 0.662. The summed E-state index contributed by atoms with van der Waals surface area (Å²) in [5, 5.41) is 1.02. The molecule has 3 heteroatoms. The van der Waals surface area contributed by atoms with Crippen LogP contribution >= 0.6 is 27.5 Å². The lowest BCUT2D eigenvalue weighted by Crippen LogP contribution is -1.74. The second-order valence-electron chi connectivity index (χ2n) is 2.05. The van der Waals surface area contributed by atoms with Gasteiger partial charge in [-0.2, -0.15) is 0 Å². The average Bonchev–Trinajstić information content (AvgIpc) is 2.44. The minimum absolute atomic E-state index is 0.769. The van der Waals surface area contributed by atoms with E-state index < -0.39 is 0 Å². The Morgan fingerprint density at radius 3 is 2.00 bits per heavy atom. The predicted molar refractivity (Wildman–Crippen MR) is 49.2 cm³/mol. The van der Waals surface area contributed by atoms with Crippen molar-refractivity contribution in [3.05, 3.63) is 0 Å². The molecule has 1 saturated heterocycles. The summed E-state index contributed by atoms with van der Waals surface area (Å²) in [5.41, 5.74) is 0. The normalized spacial score (nSPS) is 16.2. The fourth-order valence-corrected chi connectivity index (χ4v) is 1.30. The van der Waals surface area contributed by atoms with E-state index in [0.29, 0.717) is 0 Å². The summed E-state index contributed by atoms with van der Waals surface area (Å²) in [6.07, 6.45) is 3.63. The SMILES string of the molecule is C1CCOC1.ClCCCBr. The van der Waals surface area contributed by atoms with E-state index in [0.717, 1.165) is 30.8 Å². The molecule has 0 atom stereocenters. The number of hydrogen-bond donors (Lipinski definition) is 0. The van der Waals surface area contributed by atoms with E-state index in [1.807, 2.05) is 0 Å². The summed E-state index contributed by atoms with van der Waals surface area (Å²) in [6.45, 7) is 2.00. The smallest absolute Gasteiger partial charge is 0.0466 e. The van der Waals surface area contributed by atoms with E-state index in [9.17, 15) is 0 Å². The monoisotopic (exact) mass is 228 g/mol. The van der Waals surface area contributed by atoms with Gasteiger partial charge in [0.05, 0.1) is 0 Å². The van der Waals surface area contributed by atoms with Crippen LogP contribution in [0.25, 0.3) is 0 Å². The molecule has 0 aromatic rings. The number of alkyl halides is 2. The summed E-state index contributed by atoms with van der Waals surface area (Å²) in [5.74, 6) is 0.769. The van der Waals surface area contributed by atoms with Crippen molar-refractivity contribution in [2.24, 2.45) is 0 Å². The maximum atomic E-state index is 5.27. The molecule has 1 aliphatic rings. The van der Waals surface area contributed by atoms with Crippen molar-refractivity contribution in [3.8, 4) is 0 Å². The van der Waals surface area contributed by atoms with Crippen LogP contribution in [0.4, 0.5) is 0 Å². The molecular weight excluding hydrogens is 215 g/mol. The first-order valence-corrected chi connectivity index (χ1v) is 5.27. The fraction of sp³-hybridized carbons (Fsp3) is 1.00. The first-order chi connectivity index (χ1) is 4.91. The van der Waals surface area contributed by atoms with Crippen LogP contribution in [-0.4, -0.2) is 24.4 Å². The van der Waals surface area contributed by atoms with Crippen LogP contribution in [0.1, 0.15) is 19.3 Å². The van der Waals surface area contributed by atoms with Gasteiger partial charge in [0.2, 0.25) is 0 Å². The Morgan fingerprint density at radius 2 is 1.90 bits per heavy atom. The molecular formula is C7H14BrClO. The third-order valence-electron chi connectivity index (χ3n) is 1.09. The molecule has 1 nitrogen and oxygen atoms in total. The summed E-state index contributed by atoms with van der Waals surface area (Å²) in [6, 6.07) is 0. The van der Waals surface area contributed by atoms with Crippen molar-refractivity contribution in [2.75, 3.05) is 24.4 Å². The van der Waals surface area contributed by atoms with Crippen molar-refractivity contribution < 1.29 is 4.74 Å². The Bertz CT molecular complexity index is 48.0. The van der Waals surface area contributed by atoms with Crippen LogP contribution in [0, 0.1) is 0 Å². The Labute approximate surface area is 76.2 Å². The lowest BCUT2D eigenvalue weighted by molar-refractivity contribution is 0.198. The van der Waals surface area contributed by atoms with E-state index in [4.69, 9.17) is 16.3 Å². The molecule has 0 aromatic carbocycles. The van der Waals surface area contributed by atoms with Gasteiger partial charge in [0.1, 0.15) is 0 Å². The molecule has 0 radical (unpaired) electrons. The van der Waals surface area contributed by atoms with Crippen LogP contribution < -0.4 is 0 Å². The molecule has 0 aromatic heterocycles. The maximum Gasteiger partial charge on any atom is 0.0466 e. The molecule has 1 heterocycles. The molecule has 10 heavy (non-hydrogen) atoms. The van der Waals surface area contributed by atoms with Crippen molar-refractivity contribution in [3.63, 3.8) is 0 Å². The molecule has 1 aliphatic heterocycles. The highest BCUT2D eigenvalue weighted by molar-refractivity contribution is 9.09. The highest BCUT2D eigenvalue weighted by atomic mass is 79.9. The molecule has 1 rings (SSSR count). The van der Waals surface area contributed by atoms with Gasteiger partial charge in [-0.05, 0) is 19.3 Å². The van der Waals surface area contributed by atoms with Crippen LogP contribution in [0.15, 0.2) is 0 Å². The molecule has 0 bridgehead atoms. The van der Waals surface area contributed by atoms with Gasteiger partial charge in [0.15, 0.2) is 0 Å². The van der Waals surface area contributed by atoms with Crippen molar-refractivity contribution in [1.29, 1.82) is 0 Å². The second kappa shape index (κ2) is 9.73. The van der Waals surface area contributed by atoms with Gasteiger partial charge in [-0.25, -0.2) is 0 Å². The summed E-state index contributed by atoms with van der Waals surface area (Å²) in [4.78, 5) is 0. The van der Waals surface area contributed by atoms with Crippen LogP contribution in [0.3, 0.4) is 0 Å². The van der Waals surface area contributed by atoms with E-state index in [2.05, 4.69) is 15.9 Å². The Hall–Kier alpha value is 0.730. The molecule has 0 spiro atoms. The van der Waals surface area contributed by atoms with Crippen molar-refractivity contribution >= 4 is 27.5 Å². The minimum atomic E-state index is 0.769. The highest BCUT2D eigenvalue weighted by Crippen LogP contribution is 1.98. The van der Waals surface area contributed by atoms with E-state index >= 15 is 0 Å². The first kappa shape index (κ1) is 10.7. The largest absolute Gasteiger partial charge is 0.381 e. The molecule has 1 fully saturated rings. The van der Waals surface area contributed by atoms with Gasteiger partial charge >= 0.3 is 0 Å². The summed E-state index contributed by atoms with van der Waals surface area (Å²) < 4.78 is 4.94. The molecule has 62 valence electrons. The van der Waals surface area contributed by atoms with Crippen LogP contribution in [0.2, 0.25) is 0 Å². The predicted octanol–water partition coefficient (Wildman–Crippen LogP) is 2.81. The van der Waals surface area contributed by atoms with Crippen LogP contribution in [0.5, 0.6) is 0 Å². The standard InChI is InChI=1S/C4H8O.C3H6BrCl/c1-2-4-5-3-1;4-2-1-3-5/h1-4H2;1-3H2. The second-order valence-corrected chi connectivity index (χ2v) is 3.22. The van der Waals surface area contributed by atoms with Gasteiger partial charge in [0.25, 0.3) is 0 Å². The van der Waals surface area contributed by atoms with Gasteiger partial charge in [-0.15, -0.1) is 11.6 Å². The summed E-state index contributed by atoms with van der Waals surface area (Å²) in [7, 11) is 0. The molecule has 0 saturated carbocycles. The minimum Gasteiger partial charge on any atom is -0.381 e. The van der Waals surface area contributed by atoms with Gasteiger partial charge < -0.3 is 4.74 Å². The number of rotatable bonds is 2. The summed E-state index contributed by atoms with van der Waals surface area (Å²) >= 11 is 8.50. The van der Waals surface area contributed by atoms with E-state index in [1.165, 1.54) is 12.8 Å². The highest BCUT2D eigenvalue weighted by Gasteiger charge is 1.94. The zero-order chi connectivity index (χ0) is 7.66. The zero-order valence-corrected chi connectivity index (χ0v) is 8.46. The van der Waals surface area contributed by atoms with Gasteiger partial charge in [-0.1, -0.05) is 15.9 Å². The lowest BCUT2D eigenvalue weighted by Gasteiger charge is -1.76. The molecule has 0 N–H and O–H groups in total. The van der Waals surface area contributed by atoms with Crippen molar-refractivity contribution in [1.82, 2.24) is 0 Å².